The zero-order valence-electron chi connectivity index (χ0n) is 14.6. The smallest absolute Gasteiger partial charge is 0.141 e. The molecule has 0 aromatic carbocycles. The Hall–Kier alpha value is -0.370. The van der Waals surface area contributed by atoms with Crippen molar-refractivity contribution in [1.29, 1.82) is 0 Å². The second-order valence-electron chi connectivity index (χ2n) is 7.03. The van der Waals surface area contributed by atoms with Crippen molar-refractivity contribution in [3.05, 3.63) is 0 Å². The van der Waals surface area contributed by atoms with Gasteiger partial charge < -0.3 is 4.74 Å². The minimum atomic E-state index is -0.171. The van der Waals surface area contributed by atoms with Gasteiger partial charge in [0.1, 0.15) is 5.78 Å². The van der Waals surface area contributed by atoms with Crippen molar-refractivity contribution in [3.63, 3.8) is 0 Å². The van der Waals surface area contributed by atoms with Gasteiger partial charge in [-0.2, -0.15) is 0 Å². The Kier molecular flexibility index (Phi) is 9.23. The van der Waals surface area contributed by atoms with Crippen molar-refractivity contribution in [1.82, 2.24) is 0 Å². The predicted molar refractivity (Wildman–Crippen MR) is 89.6 cm³/mol. The number of carbonyl (C=O) groups excluding carboxylic acids is 1. The summed E-state index contributed by atoms with van der Waals surface area (Å²) in [5.74, 6) is 0.966. The van der Waals surface area contributed by atoms with Crippen molar-refractivity contribution in [2.75, 3.05) is 13.7 Å². The van der Waals surface area contributed by atoms with Gasteiger partial charge in [0, 0.05) is 13.5 Å². The summed E-state index contributed by atoms with van der Waals surface area (Å²) in [7, 11) is 1.74. The third-order valence-corrected chi connectivity index (χ3v) is 5.42. The molecule has 0 aromatic rings. The van der Waals surface area contributed by atoms with Gasteiger partial charge in [0.2, 0.25) is 0 Å². The number of methoxy groups -OCH3 is 1. The van der Waals surface area contributed by atoms with Gasteiger partial charge in [0.25, 0.3) is 0 Å². The first-order valence-corrected chi connectivity index (χ1v) is 9.19. The molecule has 1 fully saturated rings. The molecule has 0 aliphatic heterocycles. The lowest BCUT2D eigenvalue weighted by atomic mass is 9.64. The molecule has 1 aliphatic carbocycles. The lowest BCUT2D eigenvalue weighted by Gasteiger charge is -2.41. The molecule has 0 aromatic heterocycles. The maximum Gasteiger partial charge on any atom is 0.141 e. The third kappa shape index (κ3) is 5.73. The molecule has 1 saturated carbocycles. The highest BCUT2D eigenvalue weighted by Gasteiger charge is 2.43. The Morgan fingerprint density at radius 1 is 1.10 bits per heavy atom. The molecule has 0 N–H and O–H groups in total. The van der Waals surface area contributed by atoms with Crippen molar-refractivity contribution >= 4 is 5.78 Å². The van der Waals surface area contributed by atoms with Crippen LogP contribution in [0.4, 0.5) is 0 Å². The molecule has 0 spiro atoms. The average molecular weight is 296 g/mol. The van der Waals surface area contributed by atoms with E-state index in [9.17, 15) is 4.79 Å². The molecule has 1 aliphatic rings. The lowest BCUT2D eigenvalue weighted by molar-refractivity contribution is -0.138. The summed E-state index contributed by atoms with van der Waals surface area (Å²) in [5.41, 5.74) is -0.171. The Morgan fingerprint density at radius 3 is 2.38 bits per heavy atom. The van der Waals surface area contributed by atoms with Crippen LogP contribution in [0.5, 0.6) is 0 Å². The predicted octanol–water partition coefficient (Wildman–Crippen LogP) is 5.54. The Labute approximate surface area is 132 Å². The van der Waals surface area contributed by atoms with E-state index in [4.69, 9.17) is 4.74 Å². The van der Waals surface area contributed by atoms with Crippen molar-refractivity contribution in [2.45, 2.75) is 90.9 Å². The minimum absolute atomic E-state index is 0.171. The number of hydrogen-bond donors (Lipinski definition) is 0. The first-order valence-electron chi connectivity index (χ1n) is 9.19. The molecule has 0 heterocycles. The van der Waals surface area contributed by atoms with Crippen LogP contribution in [0.15, 0.2) is 0 Å². The lowest BCUT2D eigenvalue weighted by Crippen LogP contribution is -2.43. The van der Waals surface area contributed by atoms with Crippen LogP contribution in [0, 0.1) is 11.3 Å². The fourth-order valence-electron chi connectivity index (χ4n) is 3.87. The van der Waals surface area contributed by atoms with Crippen LogP contribution in [0.1, 0.15) is 90.9 Å². The Morgan fingerprint density at radius 2 is 1.76 bits per heavy atom. The second-order valence-corrected chi connectivity index (χ2v) is 7.03. The average Bonchev–Trinajstić information content (AvgIpc) is 2.48. The van der Waals surface area contributed by atoms with Crippen LogP contribution in [0.2, 0.25) is 0 Å². The number of rotatable bonds is 11. The minimum Gasteiger partial charge on any atom is -0.384 e. The van der Waals surface area contributed by atoms with Crippen LogP contribution in [0.25, 0.3) is 0 Å². The first-order chi connectivity index (χ1) is 10.2. The first kappa shape index (κ1) is 18.7. The highest BCUT2D eigenvalue weighted by Crippen LogP contribution is 2.43. The SMILES string of the molecule is CCCCCCCCCC(=O)C1(COC)CCCCC1C. The fraction of sp³-hybridized carbons (Fsp3) is 0.947. The maximum absolute atomic E-state index is 12.8. The van der Waals surface area contributed by atoms with Gasteiger partial charge in [-0.25, -0.2) is 0 Å². The normalized spacial score (nSPS) is 26.0. The summed E-state index contributed by atoms with van der Waals surface area (Å²) in [4.78, 5) is 12.8. The van der Waals surface area contributed by atoms with E-state index < -0.39 is 0 Å². The molecule has 2 heteroatoms. The monoisotopic (exact) mass is 296 g/mol. The van der Waals surface area contributed by atoms with Gasteiger partial charge in [-0.15, -0.1) is 0 Å². The molecule has 0 bridgehead atoms. The van der Waals surface area contributed by atoms with E-state index in [2.05, 4.69) is 13.8 Å². The van der Waals surface area contributed by atoms with E-state index in [1.807, 2.05) is 0 Å². The summed E-state index contributed by atoms with van der Waals surface area (Å²) in [6.07, 6.45) is 14.4. The number of hydrogen-bond acceptors (Lipinski definition) is 2. The summed E-state index contributed by atoms with van der Waals surface area (Å²) >= 11 is 0. The van der Waals surface area contributed by atoms with Gasteiger partial charge in [-0.3, -0.25) is 4.79 Å². The standard InChI is InChI=1S/C19H36O2/c1-4-5-6-7-8-9-10-14-18(20)19(16-21-3)15-12-11-13-17(19)2/h17H,4-16H2,1-3H3. The molecule has 124 valence electrons. The van der Waals surface area contributed by atoms with Crippen LogP contribution < -0.4 is 0 Å². The quantitative estimate of drug-likeness (QED) is 0.468. The van der Waals surface area contributed by atoms with Crippen molar-refractivity contribution in [2.24, 2.45) is 11.3 Å². The third-order valence-electron chi connectivity index (χ3n) is 5.42. The maximum atomic E-state index is 12.8. The van der Waals surface area contributed by atoms with Crippen molar-refractivity contribution < 1.29 is 9.53 Å². The highest BCUT2D eigenvalue weighted by molar-refractivity contribution is 5.85. The number of unbranched alkanes of at least 4 members (excludes halogenated alkanes) is 6. The Bertz CT molecular complexity index is 283. The number of Topliss-reactive ketones (excluding diaryl/α,β-unsaturated/α-hetero) is 1. The van der Waals surface area contributed by atoms with E-state index in [-0.39, 0.29) is 5.41 Å². The Balaban J connectivity index is 2.33. The second kappa shape index (κ2) is 10.4. The molecule has 0 amide bonds. The molecular weight excluding hydrogens is 260 g/mol. The number of carbonyl (C=O) groups is 1. The molecule has 1 rings (SSSR count). The molecular formula is C19H36O2. The van der Waals surface area contributed by atoms with E-state index in [1.54, 1.807) is 7.11 Å². The number of ketones is 1. The largest absolute Gasteiger partial charge is 0.384 e. The van der Waals surface area contributed by atoms with Gasteiger partial charge in [0.15, 0.2) is 0 Å². The van der Waals surface area contributed by atoms with Gasteiger partial charge in [-0.1, -0.05) is 65.2 Å². The fourth-order valence-corrected chi connectivity index (χ4v) is 3.87. The molecule has 0 saturated heterocycles. The summed E-state index contributed by atoms with van der Waals surface area (Å²) < 4.78 is 5.43. The van der Waals surface area contributed by atoms with E-state index in [0.717, 1.165) is 19.3 Å². The van der Waals surface area contributed by atoms with E-state index >= 15 is 0 Å². The summed E-state index contributed by atoms with van der Waals surface area (Å²) in [5, 5.41) is 0. The topological polar surface area (TPSA) is 26.3 Å². The summed E-state index contributed by atoms with van der Waals surface area (Å²) in [6.45, 7) is 5.13. The van der Waals surface area contributed by atoms with Crippen LogP contribution in [0.3, 0.4) is 0 Å². The molecule has 0 radical (unpaired) electrons. The van der Waals surface area contributed by atoms with Crippen LogP contribution in [-0.2, 0) is 9.53 Å². The van der Waals surface area contributed by atoms with E-state index in [0.29, 0.717) is 18.3 Å². The molecule has 2 unspecified atom stereocenters. The molecule has 2 nitrogen and oxygen atoms in total. The van der Waals surface area contributed by atoms with Gasteiger partial charge in [-0.05, 0) is 25.2 Å². The van der Waals surface area contributed by atoms with Crippen LogP contribution >= 0.6 is 0 Å². The zero-order valence-corrected chi connectivity index (χ0v) is 14.6. The van der Waals surface area contributed by atoms with E-state index in [1.165, 1.54) is 57.8 Å². The zero-order chi connectivity index (χ0) is 15.6. The molecule has 21 heavy (non-hydrogen) atoms. The highest BCUT2D eigenvalue weighted by atomic mass is 16.5. The van der Waals surface area contributed by atoms with Gasteiger partial charge in [0.05, 0.1) is 12.0 Å². The molecule has 2 atom stereocenters. The summed E-state index contributed by atoms with van der Waals surface area (Å²) in [6, 6.07) is 0. The van der Waals surface area contributed by atoms with Gasteiger partial charge >= 0.3 is 0 Å². The van der Waals surface area contributed by atoms with Crippen molar-refractivity contribution in [3.8, 4) is 0 Å². The number of ether oxygens (including phenoxy) is 1. The van der Waals surface area contributed by atoms with Crippen LogP contribution in [-0.4, -0.2) is 19.5 Å².